The van der Waals surface area contributed by atoms with Crippen molar-refractivity contribution in [3.8, 4) is 0 Å². The summed E-state index contributed by atoms with van der Waals surface area (Å²) in [6.45, 7) is 1.98. The minimum absolute atomic E-state index is 0.0111. The average molecular weight is 403 g/mol. The van der Waals surface area contributed by atoms with E-state index in [0.29, 0.717) is 10.8 Å². The van der Waals surface area contributed by atoms with Crippen LogP contribution in [0.1, 0.15) is 5.56 Å². The molecule has 2 atom stereocenters. The van der Waals surface area contributed by atoms with Gasteiger partial charge in [0.2, 0.25) is 0 Å². The van der Waals surface area contributed by atoms with Crippen LogP contribution >= 0.6 is 12.2 Å². The summed E-state index contributed by atoms with van der Waals surface area (Å²) in [4.78, 5) is 14.2. The van der Waals surface area contributed by atoms with Crippen molar-refractivity contribution in [2.45, 2.75) is 19.0 Å². The molecule has 4 rings (SSSR count). The number of non-ortho nitro benzene ring substituents is 1. The second-order valence-electron chi connectivity index (χ2n) is 6.84. The van der Waals surface area contributed by atoms with Crippen LogP contribution in [0.2, 0.25) is 0 Å². The number of hydrogen-bond acceptors (Lipinski definition) is 5. The van der Waals surface area contributed by atoms with Crippen molar-refractivity contribution in [2.75, 3.05) is 21.3 Å². The number of benzene rings is 2. The predicted molar refractivity (Wildman–Crippen MR) is 108 cm³/mol. The highest BCUT2D eigenvalue weighted by atomic mass is 32.2. The Morgan fingerprint density at radius 3 is 1.85 bits per heavy atom. The van der Waals surface area contributed by atoms with Gasteiger partial charge < -0.3 is 9.80 Å². The van der Waals surface area contributed by atoms with Gasteiger partial charge in [-0.05, 0) is 43.4 Å². The Labute approximate surface area is 162 Å². The van der Waals surface area contributed by atoms with Crippen LogP contribution in [0.4, 0.5) is 17.1 Å². The highest BCUT2D eigenvalue weighted by molar-refractivity contribution is 7.91. The molecular formula is C18H17N3O4S2. The predicted octanol–water partition coefficient (Wildman–Crippen LogP) is 2.68. The van der Waals surface area contributed by atoms with E-state index in [1.165, 1.54) is 12.1 Å². The number of sulfone groups is 1. The smallest absolute Gasteiger partial charge is 0.269 e. The van der Waals surface area contributed by atoms with Crippen molar-refractivity contribution in [3.63, 3.8) is 0 Å². The molecule has 0 spiro atoms. The fraction of sp³-hybridized carbons (Fsp3) is 0.278. The minimum atomic E-state index is -3.19. The highest BCUT2D eigenvalue weighted by Gasteiger charge is 2.52. The lowest BCUT2D eigenvalue weighted by molar-refractivity contribution is -0.384. The van der Waals surface area contributed by atoms with Gasteiger partial charge in [0.1, 0.15) is 0 Å². The Morgan fingerprint density at radius 1 is 0.963 bits per heavy atom. The van der Waals surface area contributed by atoms with Gasteiger partial charge in [-0.2, -0.15) is 0 Å². The molecule has 0 radical (unpaired) electrons. The summed E-state index contributed by atoms with van der Waals surface area (Å²) in [5.74, 6) is 0.0479. The third-order valence-electron chi connectivity index (χ3n) is 5.02. The lowest BCUT2D eigenvalue weighted by Crippen LogP contribution is -2.37. The van der Waals surface area contributed by atoms with Gasteiger partial charge in [-0.15, -0.1) is 0 Å². The molecule has 2 heterocycles. The summed E-state index contributed by atoms with van der Waals surface area (Å²) in [6, 6.07) is 13.2. The SMILES string of the molecule is Cc1ccc(N2C(=S)N(c3ccc([N+](=O)[O-])cc3)[C@@H]3CS(=O)(=O)C[C@@H]32)cc1. The summed E-state index contributed by atoms with van der Waals surface area (Å²) in [7, 11) is -3.19. The van der Waals surface area contributed by atoms with E-state index in [1.54, 1.807) is 12.1 Å². The number of nitro benzene ring substituents is 1. The zero-order chi connectivity index (χ0) is 19.3. The van der Waals surface area contributed by atoms with Gasteiger partial charge in [0, 0.05) is 23.5 Å². The maximum absolute atomic E-state index is 12.3. The first-order valence-electron chi connectivity index (χ1n) is 8.41. The number of nitrogens with zero attached hydrogens (tertiary/aromatic N) is 3. The molecule has 0 saturated carbocycles. The third kappa shape index (κ3) is 3.06. The average Bonchev–Trinajstić information content (AvgIpc) is 3.05. The maximum Gasteiger partial charge on any atom is 0.269 e. The molecule has 0 unspecified atom stereocenters. The zero-order valence-electron chi connectivity index (χ0n) is 14.5. The number of nitro groups is 1. The summed E-state index contributed by atoms with van der Waals surface area (Å²) in [5.41, 5.74) is 2.59. The molecule has 2 aliphatic rings. The quantitative estimate of drug-likeness (QED) is 0.443. The van der Waals surface area contributed by atoms with Gasteiger partial charge in [-0.1, -0.05) is 17.7 Å². The molecule has 0 bridgehead atoms. The Kier molecular flexibility index (Phi) is 4.15. The Balaban J connectivity index is 1.76. The van der Waals surface area contributed by atoms with E-state index < -0.39 is 14.8 Å². The van der Waals surface area contributed by atoms with E-state index in [1.807, 2.05) is 41.0 Å². The monoisotopic (exact) mass is 403 g/mol. The molecule has 2 saturated heterocycles. The van der Waals surface area contributed by atoms with Crippen LogP contribution in [0.5, 0.6) is 0 Å². The molecule has 2 aliphatic heterocycles. The molecule has 2 aromatic carbocycles. The summed E-state index contributed by atoms with van der Waals surface area (Å²) in [5, 5.41) is 11.4. The number of hydrogen-bond donors (Lipinski definition) is 0. The second-order valence-corrected chi connectivity index (χ2v) is 9.36. The van der Waals surface area contributed by atoms with Crippen LogP contribution in [0.15, 0.2) is 48.5 Å². The fourth-order valence-corrected chi connectivity index (χ4v) is 6.15. The number of aryl methyl sites for hydroxylation is 1. The number of anilines is 2. The van der Waals surface area contributed by atoms with Crippen molar-refractivity contribution in [3.05, 3.63) is 64.2 Å². The van der Waals surface area contributed by atoms with Gasteiger partial charge in [0.15, 0.2) is 14.9 Å². The van der Waals surface area contributed by atoms with E-state index >= 15 is 0 Å². The number of fused-ring (bicyclic) bond motifs is 1. The van der Waals surface area contributed by atoms with E-state index in [2.05, 4.69) is 0 Å². The second kappa shape index (κ2) is 6.28. The van der Waals surface area contributed by atoms with Gasteiger partial charge in [0.05, 0.1) is 28.5 Å². The van der Waals surface area contributed by atoms with Crippen LogP contribution < -0.4 is 9.80 Å². The summed E-state index contributed by atoms with van der Waals surface area (Å²) < 4.78 is 24.6. The Bertz CT molecular complexity index is 1020. The molecule has 140 valence electrons. The van der Waals surface area contributed by atoms with Crippen LogP contribution in [0, 0.1) is 17.0 Å². The normalized spacial score (nSPS) is 23.5. The Morgan fingerprint density at radius 2 is 1.41 bits per heavy atom. The minimum Gasteiger partial charge on any atom is -0.312 e. The summed E-state index contributed by atoms with van der Waals surface area (Å²) >= 11 is 5.70. The first-order valence-corrected chi connectivity index (χ1v) is 10.6. The van der Waals surface area contributed by atoms with Crippen LogP contribution in [-0.4, -0.2) is 42.0 Å². The molecule has 7 nitrogen and oxygen atoms in total. The van der Waals surface area contributed by atoms with Crippen molar-refractivity contribution >= 4 is 44.2 Å². The zero-order valence-corrected chi connectivity index (χ0v) is 16.1. The molecular weight excluding hydrogens is 386 g/mol. The number of rotatable bonds is 3. The van der Waals surface area contributed by atoms with Gasteiger partial charge in [-0.3, -0.25) is 10.1 Å². The largest absolute Gasteiger partial charge is 0.312 e. The van der Waals surface area contributed by atoms with Crippen LogP contribution in [0.3, 0.4) is 0 Å². The van der Waals surface area contributed by atoms with Crippen LogP contribution in [0.25, 0.3) is 0 Å². The molecule has 0 aromatic heterocycles. The van der Waals surface area contributed by atoms with Crippen molar-refractivity contribution in [1.29, 1.82) is 0 Å². The molecule has 9 heteroatoms. The molecule has 2 aromatic rings. The molecule has 0 aliphatic carbocycles. The molecule has 0 N–H and O–H groups in total. The lowest BCUT2D eigenvalue weighted by atomic mass is 10.1. The maximum atomic E-state index is 12.3. The van der Waals surface area contributed by atoms with Crippen molar-refractivity contribution in [2.24, 2.45) is 0 Å². The van der Waals surface area contributed by atoms with Gasteiger partial charge in [0.25, 0.3) is 5.69 Å². The first-order chi connectivity index (χ1) is 12.8. The standard InChI is InChI=1S/C18H17N3O4S2/c1-12-2-4-13(5-3-12)19-16-10-27(24,25)11-17(16)20(18(19)26)14-6-8-15(9-7-14)21(22)23/h2-9,16-17H,10-11H2,1H3/t16-,17+/m0/s1. The van der Waals surface area contributed by atoms with E-state index in [-0.39, 0.29) is 29.3 Å². The lowest BCUT2D eigenvalue weighted by Gasteiger charge is -2.25. The molecule has 2 fully saturated rings. The fourth-order valence-electron chi connectivity index (χ4n) is 3.75. The first kappa shape index (κ1) is 17.9. The van der Waals surface area contributed by atoms with E-state index in [0.717, 1.165) is 11.3 Å². The molecule has 0 amide bonds. The van der Waals surface area contributed by atoms with Crippen LogP contribution in [-0.2, 0) is 9.84 Å². The van der Waals surface area contributed by atoms with E-state index in [9.17, 15) is 18.5 Å². The molecule has 27 heavy (non-hydrogen) atoms. The van der Waals surface area contributed by atoms with E-state index in [4.69, 9.17) is 12.2 Å². The highest BCUT2D eigenvalue weighted by Crippen LogP contribution is 2.38. The van der Waals surface area contributed by atoms with Gasteiger partial charge in [-0.25, -0.2) is 8.42 Å². The van der Waals surface area contributed by atoms with Crippen molar-refractivity contribution in [1.82, 2.24) is 0 Å². The number of thiocarbonyl (C=S) groups is 1. The summed E-state index contributed by atoms with van der Waals surface area (Å²) in [6.07, 6.45) is 0. The third-order valence-corrected chi connectivity index (χ3v) is 7.11. The topological polar surface area (TPSA) is 83.8 Å². The Hall–Kier alpha value is -2.52. The van der Waals surface area contributed by atoms with Crippen molar-refractivity contribution < 1.29 is 13.3 Å². The van der Waals surface area contributed by atoms with Gasteiger partial charge >= 0.3 is 0 Å².